The van der Waals surface area contributed by atoms with Crippen molar-refractivity contribution in [2.24, 2.45) is 5.73 Å². The predicted octanol–water partition coefficient (Wildman–Crippen LogP) is 2.69. The number of hydrogen-bond donors (Lipinski definition) is 1. The third-order valence-corrected chi connectivity index (χ3v) is 3.12. The molecule has 4 heteroatoms. The smallest absolute Gasteiger partial charge is 0.226 e. The molecule has 4 nitrogen and oxygen atoms in total. The number of aryl methyl sites for hydroxylation is 3. The van der Waals surface area contributed by atoms with Crippen LogP contribution < -0.4 is 5.73 Å². The minimum Gasteiger partial charge on any atom is -0.339 e. The van der Waals surface area contributed by atoms with Crippen LogP contribution in [0.3, 0.4) is 0 Å². The topological polar surface area (TPSA) is 64.9 Å². The van der Waals surface area contributed by atoms with E-state index in [4.69, 9.17) is 10.3 Å². The molecule has 0 saturated heterocycles. The average Bonchev–Trinajstić information content (AvgIpc) is 2.81. The number of hydrogen-bond acceptors (Lipinski definition) is 4. The van der Waals surface area contributed by atoms with E-state index in [0.29, 0.717) is 11.7 Å². The lowest BCUT2D eigenvalue weighted by Gasteiger charge is -2.09. The van der Waals surface area contributed by atoms with Gasteiger partial charge in [-0.2, -0.15) is 4.98 Å². The molecule has 0 spiro atoms. The van der Waals surface area contributed by atoms with Gasteiger partial charge < -0.3 is 10.3 Å². The fraction of sp³-hybridized carbons (Fsp3) is 0.429. The van der Waals surface area contributed by atoms with Gasteiger partial charge in [0.25, 0.3) is 0 Å². The zero-order valence-corrected chi connectivity index (χ0v) is 11.1. The number of aromatic nitrogens is 2. The van der Waals surface area contributed by atoms with Gasteiger partial charge in [-0.1, -0.05) is 30.3 Å². The lowest BCUT2D eigenvalue weighted by molar-refractivity contribution is 0.370. The quantitative estimate of drug-likeness (QED) is 0.899. The van der Waals surface area contributed by atoms with Crippen LogP contribution in [-0.2, 0) is 6.42 Å². The summed E-state index contributed by atoms with van der Waals surface area (Å²) in [6.07, 6.45) is 1.78. The summed E-state index contributed by atoms with van der Waals surface area (Å²) < 4.78 is 5.16. The van der Waals surface area contributed by atoms with E-state index in [-0.39, 0.29) is 6.04 Å². The number of rotatable bonds is 4. The minimum absolute atomic E-state index is 0.321. The lowest BCUT2D eigenvalue weighted by Crippen LogP contribution is -2.14. The van der Waals surface area contributed by atoms with Gasteiger partial charge in [0.15, 0.2) is 5.82 Å². The Morgan fingerprint density at radius 1 is 1.28 bits per heavy atom. The Balaban J connectivity index is 2.23. The second-order valence-electron chi connectivity index (χ2n) is 4.62. The molecular formula is C14H19N3O. The summed E-state index contributed by atoms with van der Waals surface area (Å²) in [4.78, 5) is 4.33. The van der Waals surface area contributed by atoms with Gasteiger partial charge >= 0.3 is 0 Å². The molecule has 2 aromatic rings. The first kappa shape index (κ1) is 12.8. The fourth-order valence-corrected chi connectivity index (χ4v) is 1.82. The molecular weight excluding hydrogens is 226 g/mol. The van der Waals surface area contributed by atoms with Gasteiger partial charge in [-0.3, -0.25) is 0 Å². The van der Waals surface area contributed by atoms with Gasteiger partial charge in [0, 0.05) is 6.42 Å². The first-order valence-electron chi connectivity index (χ1n) is 6.27. The van der Waals surface area contributed by atoms with Gasteiger partial charge in [0.05, 0.1) is 6.04 Å². The van der Waals surface area contributed by atoms with Crippen molar-refractivity contribution in [3.63, 3.8) is 0 Å². The van der Waals surface area contributed by atoms with E-state index in [9.17, 15) is 0 Å². The largest absolute Gasteiger partial charge is 0.339 e. The van der Waals surface area contributed by atoms with Crippen LogP contribution in [0.25, 0.3) is 0 Å². The Labute approximate surface area is 107 Å². The van der Waals surface area contributed by atoms with Crippen molar-refractivity contribution in [3.8, 4) is 0 Å². The number of nitrogens with zero attached hydrogens (tertiary/aromatic N) is 2. The van der Waals surface area contributed by atoms with Crippen molar-refractivity contribution in [1.29, 1.82) is 0 Å². The summed E-state index contributed by atoms with van der Waals surface area (Å²) in [7, 11) is 0. The Bertz CT molecular complexity index is 534. The second kappa shape index (κ2) is 5.31. The van der Waals surface area contributed by atoms with Crippen LogP contribution in [0.2, 0.25) is 0 Å². The van der Waals surface area contributed by atoms with Gasteiger partial charge in [0.1, 0.15) is 0 Å². The van der Waals surface area contributed by atoms with E-state index in [1.165, 1.54) is 11.1 Å². The predicted molar refractivity (Wildman–Crippen MR) is 70.2 cm³/mol. The third kappa shape index (κ3) is 2.59. The second-order valence-corrected chi connectivity index (χ2v) is 4.62. The van der Waals surface area contributed by atoms with Crippen molar-refractivity contribution in [1.82, 2.24) is 10.1 Å². The fourth-order valence-electron chi connectivity index (χ4n) is 1.82. The van der Waals surface area contributed by atoms with Crippen LogP contribution >= 0.6 is 0 Å². The highest BCUT2D eigenvalue weighted by molar-refractivity contribution is 5.33. The molecule has 1 aromatic heterocycles. The molecule has 0 aliphatic heterocycles. The molecule has 0 fully saturated rings. The molecule has 1 unspecified atom stereocenters. The maximum Gasteiger partial charge on any atom is 0.226 e. The highest BCUT2D eigenvalue weighted by Gasteiger charge is 2.16. The van der Waals surface area contributed by atoms with Crippen LogP contribution in [0.4, 0.5) is 0 Å². The standard InChI is InChI=1S/C14H19N3O/c1-4-5-12-16-14(17-18-12)13(15)11-7-6-9(2)10(3)8-11/h6-8,13H,4-5,15H2,1-3H3. The van der Waals surface area contributed by atoms with Crippen molar-refractivity contribution >= 4 is 0 Å². The van der Waals surface area contributed by atoms with Crippen LogP contribution in [0.15, 0.2) is 22.7 Å². The van der Waals surface area contributed by atoms with E-state index in [1.54, 1.807) is 0 Å². The normalized spacial score (nSPS) is 12.7. The zero-order valence-electron chi connectivity index (χ0n) is 11.1. The number of benzene rings is 1. The highest BCUT2D eigenvalue weighted by Crippen LogP contribution is 2.20. The molecule has 0 saturated carbocycles. The van der Waals surface area contributed by atoms with Gasteiger partial charge in [-0.25, -0.2) is 0 Å². The third-order valence-electron chi connectivity index (χ3n) is 3.12. The molecule has 96 valence electrons. The average molecular weight is 245 g/mol. The van der Waals surface area contributed by atoms with Crippen LogP contribution in [0.1, 0.15) is 47.8 Å². The van der Waals surface area contributed by atoms with E-state index in [0.717, 1.165) is 18.4 Å². The summed E-state index contributed by atoms with van der Waals surface area (Å²) in [5.74, 6) is 1.22. The molecule has 0 radical (unpaired) electrons. The molecule has 0 amide bonds. The summed E-state index contributed by atoms with van der Waals surface area (Å²) in [5.41, 5.74) is 9.65. The van der Waals surface area contributed by atoms with E-state index in [2.05, 4.69) is 43.0 Å². The van der Waals surface area contributed by atoms with E-state index < -0.39 is 0 Å². The van der Waals surface area contributed by atoms with Gasteiger partial charge in [-0.15, -0.1) is 0 Å². The van der Waals surface area contributed by atoms with E-state index >= 15 is 0 Å². The molecule has 0 aliphatic rings. The molecule has 2 rings (SSSR count). The van der Waals surface area contributed by atoms with Crippen molar-refractivity contribution in [2.75, 3.05) is 0 Å². The molecule has 1 atom stereocenters. The molecule has 0 aliphatic carbocycles. The van der Waals surface area contributed by atoms with Crippen molar-refractivity contribution < 1.29 is 4.52 Å². The summed E-state index contributed by atoms with van der Waals surface area (Å²) >= 11 is 0. The maximum absolute atomic E-state index is 6.16. The minimum atomic E-state index is -0.321. The van der Waals surface area contributed by atoms with Gasteiger partial charge in [-0.05, 0) is 37.0 Å². The lowest BCUT2D eigenvalue weighted by atomic mass is 10.0. The van der Waals surface area contributed by atoms with E-state index in [1.807, 2.05) is 6.07 Å². The Hall–Kier alpha value is -1.68. The van der Waals surface area contributed by atoms with Crippen molar-refractivity contribution in [3.05, 3.63) is 46.6 Å². The van der Waals surface area contributed by atoms with Crippen LogP contribution in [0.5, 0.6) is 0 Å². The molecule has 18 heavy (non-hydrogen) atoms. The molecule has 2 N–H and O–H groups in total. The Morgan fingerprint density at radius 3 is 2.72 bits per heavy atom. The molecule has 1 heterocycles. The highest BCUT2D eigenvalue weighted by atomic mass is 16.5. The Morgan fingerprint density at radius 2 is 2.06 bits per heavy atom. The van der Waals surface area contributed by atoms with Crippen LogP contribution in [-0.4, -0.2) is 10.1 Å². The molecule has 0 bridgehead atoms. The first-order chi connectivity index (χ1) is 8.61. The van der Waals surface area contributed by atoms with Crippen LogP contribution in [0, 0.1) is 13.8 Å². The summed E-state index contributed by atoms with van der Waals surface area (Å²) in [5, 5.41) is 3.95. The SMILES string of the molecule is CCCc1nc(C(N)c2ccc(C)c(C)c2)no1. The zero-order chi connectivity index (χ0) is 13.1. The summed E-state index contributed by atoms with van der Waals surface area (Å²) in [6.45, 7) is 6.23. The molecule has 1 aromatic carbocycles. The maximum atomic E-state index is 6.16. The van der Waals surface area contributed by atoms with Gasteiger partial charge in [0.2, 0.25) is 5.89 Å². The van der Waals surface area contributed by atoms with Crippen molar-refractivity contribution in [2.45, 2.75) is 39.7 Å². The Kier molecular flexibility index (Phi) is 3.77. The first-order valence-corrected chi connectivity index (χ1v) is 6.27. The monoisotopic (exact) mass is 245 g/mol. The number of nitrogens with two attached hydrogens (primary N) is 1. The summed E-state index contributed by atoms with van der Waals surface area (Å²) in [6, 6.07) is 5.84.